The Hall–Kier alpha value is -1.07. The summed E-state index contributed by atoms with van der Waals surface area (Å²) in [5.41, 5.74) is -0.846. The van der Waals surface area contributed by atoms with Crippen LogP contribution in [0.1, 0.15) is 32.3 Å². The molecule has 2 heterocycles. The zero-order valence-corrected chi connectivity index (χ0v) is 11.3. The summed E-state index contributed by atoms with van der Waals surface area (Å²) in [6.07, 6.45) is 2.02. The summed E-state index contributed by atoms with van der Waals surface area (Å²) in [6.45, 7) is 4.77. The van der Waals surface area contributed by atoms with Crippen molar-refractivity contribution in [2.24, 2.45) is 0 Å². The van der Waals surface area contributed by atoms with Gasteiger partial charge in [-0.3, -0.25) is 14.3 Å². The number of rotatable bonds is 3. The van der Waals surface area contributed by atoms with Crippen LogP contribution in [-0.4, -0.2) is 22.8 Å². The molecule has 1 aromatic rings. The molecule has 1 aromatic heterocycles. The molecule has 0 amide bonds. The lowest BCUT2D eigenvalue weighted by atomic mass is 10.0. The molecule has 1 N–H and O–H groups in total. The molecule has 0 radical (unpaired) electrons. The van der Waals surface area contributed by atoms with E-state index >= 15 is 0 Å². The smallest absolute Gasteiger partial charge is 0.330 e. The number of H-pyrrole nitrogens is 1. The molecule has 0 aromatic carbocycles. The highest BCUT2D eigenvalue weighted by molar-refractivity contribution is 6.30. The lowest BCUT2D eigenvalue weighted by Crippen LogP contribution is -2.49. The van der Waals surface area contributed by atoms with Crippen molar-refractivity contribution in [2.45, 2.75) is 38.6 Å². The molecule has 5 nitrogen and oxygen atoms in total. The normalized spacial score (nSPS) is 23.5. The number of hydrogen-bond acceptors (Lipinski definition) is 3. The van der Waals surface area contributed by atoms with Crippen LogP contribution in [0.5, 0.6) is 0 Å². The van der Waals surface area contributed by atoms with Crippen LogP contribution in [0, 0.1) is 0 Å². The summed E-state index contributed by atoms with van der Waals surface area (Å²) in [4.78, 5) is 26.9. The molecule has 18 heavy (non-hydrogen) atoms. The van der Waals surface area contributed by atoms with Gasteiger partial charge in [-0.2, -0.15) is 0 Å². The van der Waals surface area contributed by atoms with Gasteiger partial charge in [-0.25, -0.2) is 4.79 Å². The van der Waals surface area contributed by atoms with Crippen LogP contribution in [0.25, 0.3) is 0 Å². The first-order valence-electron chi connectivity index (χ1n) is 6.11. The van der Waals surface area contributed by atoms with Crippen molar-refractivity contribution in [1.29, 1.82) is 0 Å². The molecule has 100 valence electrons. The minimum Gasteiger partial charge on any atom is -0.379 e. The summed E-state index contributed by atoms with van der Waals surface area (Å²) < 4.78 is 6.57. The van der Waals surface area contributed by atoms with Crippen molar-refractivity contribution >= 4 is 11.6 Å². The van der Waals surface area contributed by atoms with Crippen LogP contribution in [0.3, 0.4) is 0 Å². The maximum atomic E-state index is 12.4. The van der Waals surface area contributed by atoms with Gasteiger partial charge in [0.25, 0.3) is 5.56 Å². The number of aromatic amines is 1. The molecule has 1 aliphatic heterocycles. The number of halogens is 1. The van der Waals surface area contributed by atoms with Gasteiger partial charge in [-0.1, -0.05) is 24.9 Å². The summed E-state index contributed by atoms with van der Waals surface area (Å²) in [6, 6.07) is 0. The van der Waals surface area contributed by atoms with Crippen molar-refractivity contribution in [3.63, 3.8) is 0 Å². The first-order valence-corrected chi connectivity index (χ1v) is 6.49. The highest BCUT2D eigenvalue weighted by atomic mass is 35.5. The van der Waals surface area contributed by atoms with E-state index in [1.54, 1.807) is 0 Å². The van der Waals surface area contributed by atoms with Crippen LogP contribution in [0.2, 0.25) is 5.15 Å². The molecular formula is C12H17ClN2O3. The fourth-order valence-corrected chi connectivity index (χ4v) is 2.59. The minimum atomic E-state index is -0.572. The lowest BCUT2D eigenvalue weighted by molar-refractivity contribution is 0.157. The monoisotopic (exact) mass is 272 g/mol. The topological polar surface area (TPSA) is 64.1 Å². The van der Waals surface area contributed by atoms with Crippen LogP contribution in [0.15, 0.2) is 9.59 Å². The average molecular weight is 273 g/mol. The number of nitrogens with one attached hydrogen (secondary N) is 1. The highest BCUT2D eigenvalue weighted by Crippen LogP contribution is 2.24. The van der Waals surface area contributed by atoms with E-state index < -0.39 is 11.2 Å². The van der Waals surface area contributed by atoms with Crippen LogP contribution >= 0.6 is 11.6 Å². The number of ether oxygens (including phenoxy) is 1. The molecule has 1 unspecified atom stereocenters. The van der Waals surface area contributed by atoms with E-state index in [-0.39, 0.29) is 10.7 Å². The highest BCUT2D eigenvalue weighted by Gasteiger charge is 2.35. The van der Waals surface area contributed by atoms with Crippen LogP contribution < -0.4 is 11.2 Å². The van der Waals surface area contributed by atoms with Crippen LogP contribution in [-0.2, 0) is 16.7 Å². The Morgan fingerprint density at radius 2 is 2.22 bits per heavy atom. The SMILES string of the molecule is CCCc1c(Cl)[nH]c(=O)n(C2(C)CCOC2)c1=O. The van der Waals surface area contributed by atoms with Crippen molar-refractivity contribution in [3.05, 3.63) is 31.6 Å². The van der Waals surface area contributed by atoms with Gasteiger partial charge in [-0.05, 0) is 19.8 Å². The molecule has 1 saturated heterocycles. The third-order valence-electron chi connectivity index (χ3n) is 3.38. The minimum absolute atomic E-state index is 0.158. The molecule has 0 bridgehead atoms. The van der Waals surface area contributed by atoms with E-state index in [1.807, 2.05) is 13.8 Å². The molecule has 0 saturated carbocycles. The maximum Gasteiger partial charge on any atom is 0.330 e. The fourth-order valence-electron chi connectivity index (χ4n) is 2.34. The second-order valence-corrected chi connectivity index (χ2v) is 5.29. The predicted octanol–water partition coefficient (Wildman–Crippen LogP) is 1.28. The van der Waals surface area contributed by atoms with E-state index in [9.17, 15) is 9.59 Å². The Morgan fingerprint density at radius 1 is 1.50 bits per heavy atom. The quantitative estimate of drug-likeness (QED) is 0.843. The van der Waals surface area contributed by atoms with Crippen molar-refractivity contribution in [3.8, 4) is 0 Å². The van der Waals surface area contributed by atoms with E-state index in [4.69, 9.17) is 16.3 Å². The van der Waals surface area contributed by atoms with Gasteiger partial charge in [0.15, 0.2) is 0 Å². The number of hydrogen-bond donors (Lipinski definition) is 1. The zero-order chi connectivity index (χ0) is 13.3. The van der Waals surface area contributed by atoms with Gasteiger partial charge in [0.2, 0.25) is 0 Å². The predicted molar refractivity (Wildman–Crippen MR) is 69.4 cm³/mol. The number of nitrogens with zero attached hydrogens (tertiary/aromatic N) is 1. The van der Waals surface area contributed by atoms with Gasteiger partial charge in [-0.15, -0.1) is 0 Å². The van der Waals surface area contributed by atoms with Gasteiger partial charge in [0.1, 0.15) is 5.15 Å². The Balaban J connectivity index is 2.64. The van der Waals surface area contributed by atoms with E-state index in [0.29, 0.717) is 31.6 Å². The summed E-state index contributed by atoms with van der Waals surface area (Å²) in [5.74, 6) is 0. The Labute approximate surface area is 110 Å². The fraction of sp³-hybridized carbons (Fsp3) is 0.667. The van der Waals surface area contributed by atoms with Crippen molar-refractivity contribution < 1.29 is 4.74 Å². The lowest BCUT2D eigenvalue weighted by Gasteiger charge is -2.24. The van der Waals surface area contributed by atoms with E-state index in [1.165, 1.54) is 4.57 Å². The largest absolute Gasteiger partial charge is 0.379 e. The first kappa shape index (κ1) is 13.4. The molecular weight excluding hydrogens is 256 g/mol. The van der Waals surface area contributed by atoms with Gasteiger partial charge in [0.05, 0.1) is 17.7 Å². The Kier molecular flexibility index (Phi) is 3.64. The van der Waals surface area contributed by atoms with Gasteiger partial charge in [0, 0.05) is 6.61 Å². The van der Waals surface area contributed by atoms with Gasteiger partial charge < -0.3 is 4.74 Å². The Morgan fingerprint density at radius 3 is 2.78 bits per heavy atom. The van der Waals surface area contributed by atoms with E-state index in [2.05, 4.69) is 4.98 Å². The molecule has 1 fully saturated rings. The van der Waals surface area contributed by atoms with Crippen molar-refractivity contribution in [2.75, 3.05) is 13.2 Å². The summed E-state index contributed by atoms with van der Waals surface area (Å²) in [7, 11) is 0. The third-order valence-corrected chi connectivity index (χ3v) is 3.71. The van der Waals surface area contributed by atoms with E-state index in [0.717, 1.165) is 6.42 Å². The zero-order valence-electron chi connectivity index (χ0n) is 10.6. The van der Waals surface area contributed by atoms with Gasteiger partial charge >= 0.3 is 5.69 Å². The molecule has 6 heteroatoms. The van der Waals surface area contributed by atoms with Crippen LogP contribution in [0.4, 0.5) is 0 Å². The molecule has 1 atom stereocenters. The third kappa shape index (κ3) is 2.12. The number of aromatic nitrogens is 2. The maximum absolute atomic E-state index is 12.4. The average Bonchev–Trinajstić information content (AvgIpc) is 2.71. The molecule has 1 aliphatic rings. The van der Waals surface area contributed by atoms with Crippen molar-refractivity contribution in [1.82, 2.24) is 9.55 Å². The first-order chi connectivity index (χ1) is 8.49. The second kappa shape index (κ2) is 4.90. The molecule has 0 spiro atoms. The Bertz CT molecular complexity index is 555. The summed E-state index contributed by atoms with van der Waals surface area (Å²) >= 11 is 5.94. The second-order valence-electron chi connectivity index (χ2n) is 4.91. The summed E-state index contributed by atoms with van der Waals surface area (Å²) in [5, 5.41) is 0.158. The molecule has 2 rings (SSSR count). The standard InChI is InChI=1S/C12H17ClN2O3/c1-3-4-8-9(13)14-11(17)15(10(8)16)12(2)5-6-18-7-12/h3-7H2,1-2H3,(H,14,17). The molecule has 0 aliphatic carbocycles.